The van der Waals surface area contributed by atoms with E-state index in [9.17, 15) is 5.11 Å². The standard InChI is InChI=1S/C12H27NO3/c1-11(2)13-12(3,10-14)6-5-7-16-9-8-15-4/h11,13-14H,5-10H2,1-4H3. The molecular formula is C12H27NO3. The molecule has 0 aliphatic carbocycles. The topological polar surface area (TPSA) is 50.7 Å². The van der Waals surface area contributed by atoms with Gasteiger partial charge < -0.3 is 19.9 Å². The van der Waals surface area contributed by atoms with Crippen molar-refractivity contribution in [3.63, 3.8) is 0 Å². The van der Waals surface area contributed by atoms with Crippen LogP contribution < -0.4 is 5.32 Å². The maximum atomic E-state index is 9.35. The number of rotatable bonds is 10. The van der Waals surface area contributed by atoms with Gasteiger partial charge in [-0.3, -0.25) is 0 Å². The van der Waals surface area contributed by atoms with Gasteiger partial charge in [0, 0.05) is 25.3 Å². The summed E-state index contributed by atoms with van der Waals surface area (Å²) in [5, 5.41) is 12.7. The smallest absolute Gasteiger partial charge is 0.0700 e. The van der Waals surface area contributed by atoms with Gasteiger partial charge in [-0.25, -0.2) is 0 Å². The van der Waals surface area contributed by atoms with E-state index in [2.05, 4.69) is 19.2 Å². The minimum absolute atomic E-state index is 0.156. The number of hydrogen-bond donors (Lipinski definition) is 2. The van der Waals surface area contributed by atoms with Gasteiger partial charge in [0.15, 0.2) is 0 Å². The highest BCUT2D eigenvalue weighted by Crippen LogP contribution is 2.12. The van der Waals surface area contributed by atoms with E-state index >= 15 is 0 Å². The number of nitrogens with one attached hydrogen (secondary N) is 1. The molecule has 1 atom stereocenters. The summed E-state index contributed by atoms with van der Waals surface area (Å²) < 4.78 is 10.3. The molecule has 0 aromatic heterocycles. The summed E-state index contributed by atoms with van der Waals surface area (Å²) in [4.78, 5) is 0. The van der Waals surface area contributed by atoms with E-state index in [-0.39, 0.29) is 12.1 Å². The molecule has 16 heavy (non-hydrogen) atoms. The summed E-state index contributed by atoms with van der Waals surface area (Å²) >= 11 is 0. The largest absolute Gasteiger partial charge is 0.394 e. The van der Waals surface area contributed by atoms with Gasteiger partial charge in [-0.2, -0.15) is 0 Å². The molecule has 4 heteroatoms. The lowest BCUT2D eigenvalue weighted by Gasteiger charge is -2.31. The van der Waals surface area contributed by atoms with Crippen molar-refractivity contribution in [3.05, 3.63) is 0 Å². The fraction of sp³-hybridized carbons (Fsp3) is 1.00. The summed E-state index contributed by atoms with van der Waals surface area (Å²) in [6.45, 7) is 8.38. The fourth-order valence-electron chi connectivity index (χ4n) is 1.70. The van der Waals surface area contributed by atoms with E-state index in [0.29, 0.717) is 19.3 Å². The van der Waals surface area contributed by atoms with Gasteiger partial charge in [-0.15, -0.1) is 0 Å². The molecule has 0 saturated carbocycles. The molecule has 0 radical (unpaired) electrons. The highest BCUT2D eigenvalue weighted by Gasteiger charge is 2.22. The normalized spacial score (nSPS) is 15.4. The van der Waals surface area contributed by atoms with Crippen molar-refractivity contribution < 1.29 is 14.6 Å². The second-order valence-corrected chi connectivity index (χ2v) is 4.73. The minimum Gasteiger partial charge on any atom is -0.394 e. The van der Waals surface area contributed by atoms with Gasteiger partial charge in [-0.05, 0) is 19.8 Å². The summed E-state index contributed by atoms with van der Waals surface area (Å²) in [7, 11) is 1.67. The second kappa shape index (κ2) is 8.93. The molecule has 0 fully saturated rings. The van der Waals surface area contributed by atoms with E-state index in [0.717, 1.165) is 19.4 Å². The predicted molar refractivity (Wildman–Crippen MR) is 65.7 cm³/mol. The maximum absolute atomic E-state index is 9.35. The average molecular weight is 233 g/mol. The van der Waals surface area contributed by atoms with Crippen LogP contribution in [0.4, 0.5) is 0 Å². The Labute approximate surface area is 99.3 Å². The lowest BCUT2D eigenvalue weighted by atomic mass is 9.96. The first-order valence-corrected chi connectivity index (χ1v) is 5.99. The van der Waals surface area contributed by atoms with Gasteiger partial charge >= 0.3 is 0 Å². The molecule has 0 aromatic carbocycles. The Balaban J connectivity index is 3.61. The SMILES string of the molecule is COCCOCCCC(C)(CO)NC(C)C. The number of methoxy groups -OCH3 is 1. The van der Waals surface area contributed by atoms with Crippen molar-refractivity contribution >= 4 is 0 Å². The Hall–Kier alpha value is -0.160. The van der Waals surface area contributed by atoms with E-state index in [1.807, 2.05) is 6.92 Å². The molecule has 0 rings (SSSR count). The minimum atomic E-state index is -0.196. The lowest BCUT2D eigenvalue weighted by Crippen LogP contribution is -2.49. The first-order chi connectivity index (χ1) is 7.54. The highest BCUT2D eigenvalue weighted by atomic mass is 16.5. The van der Waals surface area contributed by atoms with E-state index in [1.165, 1.54) is 0 Å². The third kappa shape index (κ3) is 8.05. The van der Waals surface area contributed by atoms with E-state index in [4.69, 9.17) is 9.47 Å². The zero-order valence-electron chi connectivity index (χ0n) is 11.1. The third-order valence-corrected chi connectivity index (χ3v) is 2.44. The van der Waals surface area contributed by atoms with Crippen LogP contribution in [0.3, 0.4) is 0 Å². The monoisotopic (exact) mass is 233 g/mol. The summed E-state index contributed by atoms with van der Waals surface area (Å²) in [6, 6.07) is 0.381. The zero-order valence-corrected chi connectivity index (χ0v) is 11.1. The van der Waals surface area contributed by atoms with Crippen LogP contribution in [-0.4, -0.2) is 50.2 Å². The van der Waals surface area contributed by atoms with Crippen molar-refractivity contribution in [2.45, 2.75) is 45.2 Å². The molecule has 0 aliphatic heterocycles. The Morgan fingerprint density at radius 3 is 2.44 bits per heavy atom. The van der Waals surface area contributed by atoms with Crippen molar-refractivity contribution in [2.75, 3.05) is 33.5 Å². The van der Waals surface area contributed by atoms with Crippen molar-refractivity contribution in [1.82, 2.24) is 5.32 Å². The molecule has 0 bridgehead atoms. The number of ether oxygens (including phenoxy) is 2. The van der Waals surface area contributed by atoms with Crippen molar-refractivity contribution in [1.29, 1.82) is 0 Å². The molecule has 0 heterocycles. The van der Waals surface area contributed by atoms with Gasteiger partial charge in [0.2, 0.25) is 0 Å². The Bertz CT molecular complexity index is 164. The molecule has 4 nitrogen and oxygen atoms in total. The average Bonchev–Trinajstić information content (AvgIpc) is 2.22. The molecule has 98 valence electrons. The molecule has 0 amide bonds. The van der Waals surface area contributed by atoms with Gasteiger partial charge in [0.25, 0.3) is 0 Å². The van der Waals surface area contributed by atoms with Crippen LogP contribution in [0.25, 0.3) is 0 Å². The van der Waals surface area contributed by atoms with Crippen LogP contribution in [0.15, 0.2) is 0 Å². The Kier molecular flexibility index (Phi) is 8.84. The van der Waals surface area contributed by atoms with Gasteiger partial charge in [0.1, 0.15) is 0 Å². The van der Waals surface area contributed by atoms with Crippen molar-refractivity contribution in [2.24, 2.45) is 0 Å². The van der Waals surface area contributed by atoms with Gasteiger partial charge in [-0.1, -0.05) is 13.8 Å². The van der Waals surface area contributed by atoms with Crippen LogP contribution in [0, 0.1) is 0 Å². The quantitative estimate of drug-likeness (QED) is 0.556. The summed E-state index contributed by atoms with van der Waals surface area (Å²) in [5.74, 6) is 0. The van der Waals surface area contributed by atoms with Crippen LogP contribution in [0.1, 0.15) is 33.6 Å². The van der Waals surface area contributed by atoms with E-state index in [1.54, 1.807) is 7.11 Å². The molecule has 1 unspecified atom stereocenters. The highest BCUT2D eigenvalue weighted by molar-refractivity contribution is 4.83. The molecule has 0 spiro atoms. The molecule has 0 aromatic rings. The lowest BCUT2D eigenvalue weighted by molar-refractivity contribution is 0.0622. The van der Waals surface area contributed by atoms with Gasteiger partial charge in [0.05, 0.1) is 19.8 Å². The Morgan fingerprint density at radius 1 is 1.25 bits per heavy atom. The first kappa shape index (κ1) is 15.8. The molecule has 2 N–H and O–H groups in total. The first-order valence-electron chi connectivity index (χ1n) is 5.99. The zero-order chi connectivity index (χ0) is 12.4. The second-order valence-electron chi connectivity index (χ2n) is 4.73. The molecule has 0 saturated heterocycles. The third-order valence-electron chi connectivity index (χ3n) is 2.44. The van der Waals surface area contributed by atoms with E-state index < -0.39 is 0 Å². The maximum Gasteiger partial charge on any atom is 0.0700 e. The fourth-order valence-corrected chi connectivity index (χ4v) is 1.70. The van der Waals surface area contributed by atoms with Crippen LogP contribution in [0.5, 0.6) is 0 Å². The number of aliphatic hydroxyl groups excluding tert-OH is 1. The van der Waals surface area contributed by atoms with Crippen LogP contribution in [-0.2, 0) is 9.47 Å². The molecular weight excluding hydrogens is 206 g/mol. The summed E-state index contributed by atoms with van der Waals surface area (Å²) in [6.07, 6.45) is 1.86. The predicted octanol–water partition coefficient (Wildman–Crippen LogP) is 1.18. The Morgan fingerprint density at radius 2 is 1.94 bits per heavy atom. The number of aliphatic hydroxyl groups is 1. The number of hydrogen-bond acceptors (Lipinski definition) is 4. The van der Waals surface area contributed by atoms with Crippen LogP contribution >= 0.6 is 0 Å². The van der Waals surface area contributed by atoms with Crippen LogP contribution in [0.2, 0.25) is 0 Å². The molecule has 0 aliphatic rings. The summed E-state index contributed by atoms with van der Waals surface area (Å²) in [5.41, 5.74) is -0.196. The van der Waals surface area contributed by atoms with Crippen molar-refractivity contribution in [3.8, 4) is 0 Å².